The molecule has 1 aliphatic rings. The number of nitrogens with zero attached hydrogens (tertiary/aromatic N) is 1. The third-order valence-electron chi connectivity index (χ3n) is 3.57. The van der Waals surface area contributed by atoms with E-state index in [0.29, 0.717) is 18.8 Å². The van der Waals surface area contributed by atoms with Crippen LogP contribution >= 0.6 is 0 Å². The van der Waals surface area contributed by atoms with Crippen molar-refractivity contribution < 1.29 is 13.2 Å². The van der Waals surface area contributed by atoms with Crippen molar-refractivity contribution in [3.63, 3.8) is 0 Å². The molecule has 2 aromatic carbocycles. The summed E-state index contributed by atoms with van der Waals surface area (Å²) >= 11 is 0. The number of fused-ring (bicyclic) bond motifs is 1. The van der Waals surface area contributed by atoms with E-state index in [1.165, 1.54) is 12.1 Å². The molecule has 0 aromatic heterocycles. The average Bonchev–Trinajstić information content (AvgIpc) is 2.83. The molecular weight excluding hydrogens is 265 g/mol. The van der Waals surface area contributed by atoms with Crippen LogP contribution in [0.15, 0.2) is 42.5 Å². The lowest BCUT2D eigenvalue weighted by atomic mass is 10.1. The van der Waals surface area contributed by atoms with Gasteiger partial charge in [-0.05, 0) is 29.3 Å². The number of para-hydroxylation sites is 1. The molecule has 0 fully saturated rings. The molecule has 20 heavy (non-hydrogen) atoms. The second-order valence-electron chi connectivity index (χ2n) is 4.86. The van der Waals surface area contributed by atoms with Crippen molar-refractivity contribution >= 4 is 11.4 Å². The molecule has 5 heteroatoms. The van der Waals surface area contributed by atoms with E-state index < -0.39 is 11.7 Å². The molecule has 0 saturated carbocycles. The number of anilines is 2. The van der Waals surface area contributed by atoms with Crippen molar-refractivity contribution in [1.29, 1.82) is 0 Å². The standard InChI is InChI=1S/C15H13F3N2/c16-15(17,18)12-5-1-2-7-14(12)20-8-10-4-3-6-13(19)11(10)9-20/h1-7H,8-9,19H2. The Morgan fingerprint density at radius 1 is 0.950 bits per heavy atom. The molecule has 0 radical (unpaired) electrons. The van der Waals surface area contributed by atoms with Crippen LogP contribution in [0.1, 0.15) is 16.7 Å². The minimum atomic E-state index is -4.35. The van der Waals surface area contributed by atoms with Crippen molar-refractivity contribution in [3.8, 4) is 0 Å². The fourth-order valence-corrected chi connectivity index (χ4v) is 2.61. The highest BCUT2D eigenvalue weighted by atomic mass is 19.4. The van der Waals surface area contributed by atoms with Gasteiger partial charge in [0.1, 0.15) is 0 Å². The predicted molar refractivity (Wildman–Crippen MR) is 72.2 cm³/mol. The summed E-state index contributed by atoms with van der Waals surface area (Å²) in [5.74, 6) is 0. The molecule has 3 rings (SSSR count). The summed E-state index contributed by atoms with van der Waals surface area (Å²) in [6.07, 6.45) is -4.35. The topological polar surface area (TPSA) is 29.3 Å². The van der Waals surface area contributed by atoms with Crippen molar-refractivity contribution in [3.05, 3.63) is 59.2 Å². The van der Waals surface area contributed by atoms with E-state index in [9.17, 15) is 13.2 Å². The molecule has 2 aromatic rings. The smallest absolute Gasteiger partial charge is 0.398 e. The Hall–Kier alpha value is -2.17. The van der Waals surface area contributed by atoms with E-state index in [1.54, 1.807) is 17.0 Å². The molecule has 104 valence electrons. The van der Waals surface area contributed by atoms with Crippen molar-refractivity contribution in [2.45, 2.75) is 19.3 Å². The molecule has 0 bridgehead atoms. The fraction of sp³-hybridized carbons (Fsp3) is 0.200. The van der Waals surface area contributed by atoms with Crippen LogP contribution in [0.5, 0.6) is 0 Å². The van der Waals surface area contributed by atoms with Crippen LogP contribution in [0.3, 0.4) is 0 Å². The van der Waals surface area contributed by atoms with E-state index in [-0.39, 0.29) is 5.69 Å². The van der Waals surface area contributed by atoms with Gasteiger partial charge in [0.05, 0.1) is 5.56 Å². The number of benzene rings is 2. The molecular formula is C15H13F3N2. The third kappa shape index (κ3) is 2.09. The summed E-state index contributed by atoms with van der Waals surface area (Å²) in [6.45, 7) is 0.864. The van der Waals surface area contributed by atoms with E-state index in [4.69, 9.17) is 5.73 Å². The summed E-state index contributed by atoms with van der Waals surface area (Å²) in [5, 5.41) is 0. The van der Waals surface area contributed by atoms with Crippen molar-refractivity contribution in [2.24, 2.45) is 0 Å². The lowest BCUT2D eigenvalue weighted by molar-refractivity contribution is -0.137. The average molecular weight is 278 g/mol. The highest BCUT2D eigenvalue weighted by molar-refractivity contribution is 5.62. The first-order chi connectivity index (χ1) is 9.47. The molecule has 0 amide bonds. The maximum atomic E-state index is 13.1. The van der Waals surface area contributed by atoms with Crippen LogP contribution in [0, 0.1) is 0 Å². The zero-order valence-electron chi connectivity index (χ0n) is 10.6. The summed E-state index contributed by atoms with van der Waals surface area (Å²) in [5.41, 5.74) is 8.03. The Kier molecular flexibility index (Phi) is 2.85. The highest BCUT2D eigenvalue weighted by Gasteiger charge is 2.35. The summed E-state index contributed by atoms with van der Waals surface area (Å²) in [4.78, 5) is 1.71. The molecule has 1 aliphatic heterocycles. The van der Waals surface area contributed by atoms with Gasteiger partial charge < -0.3 is 10.6 Å². The molecule has 0 saturated heterocycles. The van der Waals surface area contributed by atoms with E-state index >= 15 is 0 Å². The Morgan fingerprint density at radius 2 is 1.70 bits per heavy atom. The Balaban J connectivity index is 2.00. The second-order valence-corrected chi connectivity index (χ2v) is 4.86. The molecule has 0 spiro atoms. The number of nitrogen functional groups attached to an aromatic ring is 1. The molecule has 1 heterocycles. The quantitative estimate of drug-likeness (QED) is 0.804. The van der Waals surface area contributed by atoms with E-state index in [0.717, 1.165) is 17.2 Å². The normalized spacial score (nSPS) is 14.4. The largest absolute Gasteiger partial charge is 0.418 e. The first-order valence-electron chi connectivity index (χ1n) is 6.24. The van der Waals surface area contributed by atoms with E-state index in [2.05, 4.69) is 0 Å². The molecule has 0 unspecified atom stereocenters. The molecule has 0 atom stereocenters. The highest BCUT2D eigenvalue weighted by Crippen LogP contribution is 2.40. The number of rotatable bonds is 1. The first kappa shape index (κ1) is 12.8. The van der Waals surface area contributed by atoms with Crippen LogP contribution in [-0.4, -0.2) is 0 Å². The SMILES string of the molecule is Nc1cccc2c1CN(c1ccccc1C(F)(F)F)C2. The number of alkyl halides is 3. The van der Waals surface area contributed by atoms with Crippen LogP contribution < -0.4 is 10.6 Å². The predicted octanol–water partition coefficient (Wildman–Crippen LogP) is 3.81. The van der Waals surface area contributed by atoms with E-state index in [1.807, 2.05) is 12.1 Å². The van der Waals surface area contributed by atoms with Crippen molar-refractivity contribution in [2.75, 3.05) is 10.6 Å². The van der Waals surface area contributed by atoms with Gasteiger partial charge in [-0.1, -0.05) is 24.3 Å². The van der Waals surface area contributed by atoms with Gasteiger partial charge in [-0.3, -0.25) is 0 Å². The zero-order valence-corrected chi connectivity index (χ0v) is 10.6. The Bertz CT molecular complexity index is 650. The summed E-state index contributed by atoms with van der Waals surface area (Å²) in [7, 11) is 0. The van der Waals surface area contributed by atoms with Gasteiger partial charge in [-0.2, -0.15) is 13.2 Å². The first-order valence-corrected chi connectivity index (χ1v) is 6.24. The zero-order chi connectivity index (χ0) is 14.3. The van der Waals surface area contributed by atoms with Gasteiger partial charge in [-0.25, -0.2) is 0 Å². The van der Waals surface area contributed by atoms with Gasteiger partial charge in [-0.15, -0.1) is 0 Å². The lowest BCUT2D eigenvalue weighted by Crippen LogP contribution is -2.19. The van der Waals surface area contributed by atoms with Gasteiger partial charge >= 0.3 is 6.18 Å². The molecule has 2 N–H and O–H groups in total. The number of hydrogen-bond acceptors (Lipinski definition) is 2. The minimum absolute atomic E-state index is 0.204. The summed E-state index contributed by atoms with van der Waals surface area (Å²) < 4.78 is 39.2. The number of nitrogens with two attached hydrogens (primary N) is 1. The molecule has 0 aliphatic carbocycles. The second kappa shape index (κ2) is 4.44. The third-order valence-corrected chi connectivity index (χ3v) is 3.57. The van der Waals surface area contributed by atoms with Gasteiger partial charge in [0.2, 0.25) is 0 Å². The monoisotopic (exact) mass is 278 g/mol. The molecule has 2 nitrogen and oxygen atoms in total. The van der Waals surface area contributed by atoms with Gasteiger partial charge in [0.25, 0.3) is 0 Å². The maximum Gasteiger partial charge on any atom is 0.418 e. The maximum absolute atomic E-state index is 13.1. The van der Waals surface area contributed by atoms with Gasteiger partial charge in [0, 0.05) is 24.5 Å². The van der Waals surface area contributed by atoms with Crippen LogP contribution in [-0.2, 0) is 19.3 Å². The number of halogens is 3. The summed E-state index contributed by atoms with van der Waals surface area (Å²) in [6, 6.07) is 11.2. The van der Waals surface area contributed by atoms with Crippen LogP contribution in [0.25, 0.3) is 0 Å². The Labute approximate surface area is 114 Å². The van der Waals surface area contributed by atoms with Crippen LogP contribution in [0.2, 0.25) is 0 Å². The number of hydrogen-bond donors (Lipinski definition) is 1. The minimum Gasteiger partial charge on any atom is -0.398 e. The lowest BCUT2D eigenvalue weighted by Gasteiger charge is -2.22. The fourth-order valence-electron chi connectivity index (χ4n) is 2.61. The van der Waals surface area contributed by atoms with Crippen molar-refractivity contribution in [1.82, 2.24) is 0 Å². The van der Waals surface area contributed by atoms with Gasteiger partial charge in [0.15, 0.2) is 0 Å². The Morgan fingerprint density at radius 3 is 2.40 bits per heavy atom. The van der Waals surface area contributed by atoms with Crippen LogP contribution in [0.4, 0.5) is 24.5 Å².